The first-order chi connectivity index (χ1) is 14.2. The molecule has 2 heterocycles. The van der Waals surface area contributed by atoms with E-state index in [-0.39, 0.29) is 9.79 Å². The van der Waals surface area contributed by atoms with Gasteiger partial charge in [0.2, 0.25) is 10.0 Å². The molecule has 0 bridgehead atoms. The van der Waals surface area contributed by atoms with Gasteiger partial charge in [-0.15, -0.1) is 0 Å². The summed E-state index contributed by atoms with van der Waals surface area (Å²) in [5, 5.41) is 7.13. The first kappa shape index (κ1) is 20.7. The Balaban J connectivity index is 1.71. The Labute approximate surface area is 175 Å². The number of aromatic amines is 1. The van der Waals surface area contributed by atoms with Gasteiger partial charge < -0.3 is 0 Å². The largest absolute Gasteiger partial charge is 0.261 e. The summed E-state index contributed by atoms with van der Waals surface area (Å²) in [4.78, 5) is 4.51. The zero-order valence-corrected chi connectivity index (χ0v) is 18.2. The summed E-state index contributed by atoms with van der Waals surface area (Å²) >= 11 is 0. The van der Waals surface area contributed by atoms with Crippen LogP contribution in [0.5, 0.6) is 0 Å². The highest BCUT2D eigenvalue weighted by Gasteiger charge is 2.39. The highest BCUT2D eigenvalue weighted by molar-refractivity contribution is 7.91. The zero-order valence-electron chi connectivity index (χ0n) is 16.6. The maximum Gasteiger partial charge on any atom is 0.244 e. The summed E-state index contributed by atoms with van der Waals surface area (Å²) in [6.45, 7) is 1.99. The predicted molar refractivity (Wildman–Crippen MR) is 112 cm³/mol. The molecule has 2 aromatic carbocycles. The van der Waals surface area contributed by atoms with Gasteiger partial charge in [0.25, 0.3) is 0 Å². The maximum atomic E-state index is 13.5. The Morgan fingerprint density at radius 2 is 1.80 bits per heavy atom. The van der Waals surface area contributed by atoms with Crippen LogP contribution in [-0.2, 0) is 19.9 Å². The molecule has 1 aliphatic heterocycles. The minimum Gasteiger partial charge on any atom is -0.261 e. The number of hydrogen-bond acceptors (Lipinski definition) is 6. The number of nitrogens with zero attached hydrogens (tertiary/aromatic N) is 3. The maximum absolute atomic E-state index is 13.5. The van der Waals surface area contributed by atoms with Crippen LogP contribution in [0.25, 0.3) is 11.4 Å². The van der Waals surface area contributed by atoms with Gasteiger partial charge in [-0.1, -0.05) is 36.4 Å². The van der Waals surface area contributed by atoms with Crippen LogP contribution < -0.4 is 0 Å². The van der Waals surface area contributed by atoms with Crippen molar-refractivity contribution in [1.29, 1.82) is 0 Å². The van der Waals surface area contributed by atoms with Crippen molar-refractivity contribution < 1.29 is 16.8 Å². The Morgan fingerprint density at radius 3 is 2.50 bits per heavy atom. The van der Waals surface area contributed by atoms with E-state index in [0.717, 1.165) is 11.8 Å². The van der Waals surface area contributed by atoms with Gasteiger partial charge in [0, 0.05) is 18.4 Å². The van der Waals surface area contributed by atoms with Gasteiger partial charge in [-0.05, 0) is 37.5 Å². The lowest BCUT2D eigenvalue weighted by Gasteiger charge is -2.23. The van der Waals surface area contributed by atoms with E-state index in [1.807, 2.05) is 30.3 Å². The molecular weight excluding hydrogens is 424 g/mol. The number of sulfonamides is 1. The van der Waals surface area contributed by atoms with Gasteiger partial charge in [0.05, 0.1) is 15.8 Å². The van der Waals surface area contributed by atoms with Crippen LogP contribution in [0.15, 0.2) is 58.3 Å². The Morgan fingerprint density at radius 1 is 1.07 bits per heavy atom. The topological polar surface area (TPSA) is 113 Å². The van der Waals surface area contributed by atoms with Crippen molar-refractivity contribution in [3.63, 3.8) is 0 Å². The van der Waals surface area contributed by atoms with Crippen molar-refractivity contribution in [2.75, 3.05) is 12.8 Å². The minimum absolute atomic E-state index is 0.000114. The van der Waals surface area contributed by atoms with E-state index in [2.05, 4.69) is 15.2 Å². The Bertz CT molecular complexity index is 1290. The molecule has 10 heteroatoms. The number of aryl methyl sites for hydroxylation is 1. The first-order valence-corrected chi connectivity index (χ1v) is 12.8. The van der Waals surface area contributed by atoms with Crippen LogP contribution in [0.4, 0.5) is 0 Å². The van der Waals surface area contributed by atoms with Crippen molar-refractivity contribution in [2.24, 2.45) is 0 Å². The van der Waals surface area contributed by atoms with Crippen molar-refractivity contribution in [1.82, 2.24) is 19.5 Å². The second-order valence-corrected chi connectivity index (χ2v) is 11.3. The van der Waals surface area contributed by atoms with Crippen LogP contribution in [0.3, 0.4) is 0 Å². The lowest BCUT2D eigenvalue weighted by Crippen LogP contribution is -2.31. The van der Waals surface area contributed by atoms with E-state index in [4.69, 9.17) is 0 Å². The molecule has 0 saturated carbocycles. The molecular formula is C20H22N4O4S2. The van der Waals surface area contributed by atoms with Crippen molar-refractivity contribution in [3.8, 4) is 11.4 Å². The van der Waals surface area contributed by atoms with Gasteiger partial charge in [-0.2, -0.15) is 9.40 Å². The number of H-pyrrole nitrogens is 1. The summed E-state index contributed by atoms with van der Waals surface area (Å²) in [6.07, 6.45) is 2.34. The average Bonchev–Trinajstić information content (AvgIpc) is 3.37. The van der Waals surface area contributed by atoms with E-state index < -0.39 is 25.9 Å². The van der Waals surface area contributed by atoms with Gasteiger partial charge in [-0.25, -0.2) is 21.8 Å². The highest BCUT2D eigenvalue weighted by atomic mass is 32.2. The summed E-state index contributed by atoms with van der Waals surface area (Å²) in [5.41, 5.74) is 1.33. The zero-order chi connectivity index (χ0) is 21.5. The number of nitrogens with one attached hydrogen (secondary N) is 1. The number of hydrogen-bond donors (Lipinski definition) is 1. The van der Waals surface area contributed by atoms with Crippen LogP contribution in [0, 0.1) is 6.92 Å². The molecule has 0 amide bonds. The molecule has 158 valence electrons. The smallest absolute Gasteiger partial charge is 0.244 e. The molecule has 8 nitrogen and oxygen atoms in total. The molecule has 1 fully saturated rings. The van der Waals surface area contributed by atoms with E-state index in [1.54, 1.807) is 6.92 Å². The third-order valence-electron chi connectivity index (χ3n) is 5.23. The lowest BCUT2D eigenvalue weighted by atomic mass is 10.2. The van der Waals surface area contributed by atoms with Crippen molar-refractivity contribution in [2.45, 2.75) is 35.6 Å². The van der Waals surface area contributed by atoms with Crippen LogP contribution in [0.1, 0.15) is 30.3 Å². The van der Waals surface area contributed by atoms with Gasteiger partial charge in [0.15, 0.2) is 15.7 Å². The molecule has 1 N–H and O–H groups in total. The third kappa shape index (κ3) is 3.78. The van der Waals surface area contributed by atoms with Crippen LogP contribution in [0.2, 0.25) is 0 Å². The number of benzene rings is 2. The van der Waals surface area contributed by atoms with Gasteiger partial charge in [-0.3, -0.25) is 5.10 Å². The standard InChI is InChI=1S/C20H22N4O4S2/c1-14-10-11-16(29(2,25)26)13-18(14)30(27,28)24-12-6-9-17(24)20-21-19(22-23-20)15-7-4-3-5-8-15/h3-5,7-8,10-11,13,17H,6,9,12H2,1-2H3,(H,21,22,23)/t17-/m1/s1. The molecule has 3 aromatic rings. The Hall–Kier alpha value is -2.56. The van der Waals surface area contributed by atoms with Gasteiger partial charge >= 0.3 is 0 Å². The van der Waals surface area contributed by atoms with Crippen LogP contribution >= 0.6 is 0 Å². The monoisotopic (exact) mass is 446 g/mol. The summed E-state index contributed by atoms with van der Waals surface area (Å²) in [7, 11) is -7.45. The minimum atomic E-state index is -3.92. The fourth-order valence-corrected chi connectivity index (χ4v) is 6.29. The molecule has 0 spiro atoms. The lowest BCUT2D eigenvalue weighted by molar-refractivity contribution is 0.384. The SMILES string of the molecule is Cc1ccc(S(C)(=O)=O)cc1S(=O)(=O)N1CCC[C@@H]1c1nc(-c2ccccc2)n[nH]1. The fourth-order valence-electron chi connectivity index (χ4n) is 3.66. The van der Waals surface area contributed by atoms with Crippen molar-refractivity contribution >= 4 is 19.9 Å². The number of sulfone groups is 1. The van der Waals surface area contributed by atoms with E-state index in [0.29, 0.717) is 36.6 Å². The third-order valence-corrected chi connectivity index (χ3v) is 8.39. The summed E-state index contributed by atoms with van der Waals surface area (Å²) in [5.74, 6) is 0.983. The summed E-state index contributed by atoms with van der Waals surface area (Å²) in [6, 6.07) is 13.1. The molecule has 30 heavy (non-hydrogen) atoms. The van der Waals surface area contributed by atoms with E-state index >= 15 is 0 Å². The number of aromatic nitrogens is 3. The second-order valence-electron chi connectivity index (χ2n) is 7.38. The van der Waals surface area contributed by atoms with Crippen LogP contribution in [-0.4, -0.2) is 49.1 Å². The quantitative estimate of drug-likeness (QED) is 0.645. The first-order valence-electron chi connectivity index (χ1n) is 9.48. The normalized spacial score (nSPS) is 18.0. The summed E-state index contributed by atoms with van der Waals surface area (Å²) < 4.78 is 52.2. The van der Waals surface area contributed by atoms with E-state index in [9.17, 15) is 16.8 Å². The van der Waals surface area contributed by atoms with Gasteiger partial charge in [0.1, 0.15) is 5.82 Å². The predicted octanol–water partition coefficient (Wildman–Crippen LogP) is 2.71. The molecule has 1 saturated heterocycles. The molecule has 4 rings (SSSR count). The molecule has 1 atom stereocenters. The fraction of sp³-hybridized carbons (Fsp3) is 0.300. The molecule has 0 radical (unpaired) electrons. The second kappa shape index (κ2) is 7.60. The van der Waals surface area contributed by atoms with Crippen molar-refractivity contribution in [3.05, 3.63) is 59.9 Å². The number of rotatable bonds is 5. The molecule has 0 unspecified atom stereocenters. The van der Waals surface area contributed by atoms with E-state index in [1.165, 1.54) is 22.5 Å². The average molecular weight is 447 g/mol. The highest BCUT2D eigenvalue weighted by Crippen LogP contribution is 2.36. The molecule has 1 aromatic heterocycles. The molecule has 0 aliphatic carbocycles. The Kier molecular flexibility index (Phi) is 5.25. The molecule has 1 aliphatic rings.